The lowest BCUT2D eigenvalue weighted by atomic mass is 10.2. The quantitative estimate of drug-likeness (QED) is 0.829. The Morgan fingerprint density at radius 3 is 2.57 bits per heavy atom. The molecule has 0 aliphatic rings. The lowest BCUT2D eigenvalue weighted by Crippen LogP contribution is -2.13. The summed E-state index contributed by atoms with van der Waals surface area (Å²) >= 11 is 3.34. The van der Waals surface area contributed by atoms with Gasteiger partial charge in [0.2, 0.25) is 0 Å². The molecule has 0 aliphatic heterocycles. The second kappa shape index (κ2) is 6.49. The van der Waals surface area contributed by atoms with E-state index in [1.54, 1.807) is 43.5 Å². The van der Waals surface area contributed by atoms with Crippen molar-refractivity contribution in [3.05, 3.63) is 46.4 Å². The molecule has 0 atom stereocenters. The maximum Gasteiger partial charge on any atom is 0.256 e. The number of methoxy groups -OCH3 is 2. The molecular weight excluding hydrogens is 336 g/mol. The van der Waals surface area contributed by atoms with Crippen LogP contribution < -0.4 is 20.5 Å². The summed E-state index contributed by atoms with van der Waals surface area (Å²) in [6.45, 7) is 0. The van der Waals surface area contributed by atoms with Crippen molar-refractivity contribution < 1.29 is 14.3 Å². The van der Waals surface area contributed by atoms with Crippen LogP contribution in [0.5, 0.6) is 11.5 Å². The van der Waals surface area contributed by atoms with Gasteiger partial charge in [-0.3, -0.25) is 4.79 Å². The highest BCUT2D eigenvalue weighted by molar-refractivity contribution is 9.10. The zero-order chi connectivity index (χ0) is 15.4. The number of nitrogens with one attached hydrogen (secondary N) is 1. The van der Waals surface area contributed by atoms with E-state index in [4.69, 9.17) is 15.2 Å². The number of carbonyl (C=O) groups is 1. The molecule has 0 radical (unpaired) electrons. The van der Waals surface area contributed by atoms with Crippen LogP contribution in [0, 0.1) is 0 Å². The average molecular weight is 351 g/mol. The van der Waals surface area contributed by atoms with Crippen LogP contribution in [-0.4, -0.2) is 20.1 Å². The van der Waals surface area contributed by atoms with E-state index in [1.165, 1.54) is 7.11 Å². The van der Waals surface area contributed by atoms with E-state index in [2.05, 4.69) is 21.2 Å². The van der Waals surface area contributed by atoms with Gasteiger partial charge in [-0.25, -0.2) is 0 Å². The van der Waals surface area contributed by atoms with Gasteiger partial charge < -0.3 is 20.5 Å². The van der Waals surface area contributed by atoms with Crippen LogP contribution in [-0.2, 0) is 0 Å². The van der Waals surface area contributed by atoms with Crippen LogP contribution in [0.15, 0.2) is 40.9 Å². The summed E-state index contributed by atoms with van der Waals surface area (Å²) in [5, 5.41) is 2.79. The van der Waals surface area contributed by atoms with Crippen LogP contribution in [0.4, 0.5) is 11.4 Å². The van der Waals surface area contributed by atoms with Gasteiger partial charge in [0.25, 0.3) is 5.91 Å². The number of nitrogens with two attached hydrogens (primary N) is 1. The topological polar surface area (TPSA) is 73.6 Å². The van der Waals surface area contributed by atoms with Gasteiger partial charge >= 0.3 is 0 Å². The van der Waals surface area contributed by atoms with Crippen LogP contribution >= 0.6 is 15.9 Å². The molecule has 0 saturated carbocycles. The maximum absolute atomic E-state index is 12.4. The molecule has 2 aromatic rings. The number of ether oxygens (including phenoxy) is 2. The minimum absolute atomic E-state index is 0.291. The van der Waals surface area contributed by atoms with Crippen molar-refractivity contribution in [3.63, 3.8) is 0 Å². The van der Waals surface area contributed by atoms with Crippen LogP contribution in [0.1, 0.15) is 10.4 Å². The smallest absolute Gasteiger partial charge is 0.256 e. The molecule has 110 valence electrons. The highest BCUT2D eigenvalue weighted by Crippen LogP contribution is 2.30. The highest BCUT2D eigenvalue weighted by atomic mass is 79.9. The number of carbonyl (C=O) groups excluding carboxylic acids is 1. The summed E-state index contributed by atoms with van der Waals surface area (Å²) in [5.74, 6) is 0.877. The SMILES string of the molecule is COc1ccc(OC)c(NC(=O)c2cc(N)ccc2Br)c1. The Balaban J connectivity index is 2.32. The Labute approximate surface area is 131 Å². The Kier molecular flexibility index (Phi) is 4.70. The minimum Gasteiger partial charge on any atom is -0.497 e. The number of rotatable bonds is 4. The zero-order valence-electron chi connectivity index (χ0n) is 11.6. The number of amides is 1. The molecule has 0 heterocycles. The second-order valence-electron chi connectivity index (χ2n) is 4.26. The molecule has 3 N–H and O–H groups in total. The Hall–Kier alpha value is -2.21. The van der Waals surface area contributed by atoms with Crippen molar-refractivity contribution in [3.8, 4) is 11.5 Å². The van der Waals surface area contributed by atoms with Gasteiger partial charge in [-0.05, 0) is 46.3 Å². The van der Waals surface area contributed by atoms with E-state index in [0.29, 0.717) is 32.9 Å². The normalized spacial score (nSPS) is 10.0. The number of nitrogen functional groups attached to an aromatic ring is 1. The van der Waals surface area contributed by atoms with E-state index in [0.717, 1.165) is 0 Å². The molecule has 1 amide bonds. The number of anilines is 2. The molecule has 0 unspecified atom stereocenters. The summed E-state index contributed by atoms with van der Waals surface area (Å²) in [5.41, 5.74) is 7.20. The summed E-state index contributed by atoms with van der Waals surface area (Å²) in [6.07, 6.45) is 0. The molecule has 0 saturated heterocycles. The third-order valence-electron chi connectivity index (χ3n) is 2.89. The van der Waals surface area contributed by atoms with E-state index in [-0.39, 0.29) is 5.91 Å². The van der Waals surface area contributed by atoms with Crippen molar-refractivity contribution >= 4 is 33.2 Å². The maximum atomic E-state index is 12.4. The molecule has 0 spiro atoms. The number of hydrogen-bond acceptors (Lipinski definition) is 4. The predicted octanol–water partition coefficient (Wildman–Crippen LogP) is 3.30. The highest BCUT2D eigenvalue weighted by Gasteiger charge is 2.14. The average Bonchev–Trinajstić information content (AvgIpc) is 2.49. The minimum atomic E-state index is -0.291. The first-order valence-electron chi connectivity index (χ1n) is 6.13. The summed E-state index contributed by atoms with van der Waals surface area (Å²) in [7, 11) is 3.09. The molecule has 6 heteroatoms. The zero-order valence-corrected chi connectivity index (χ0v) is 13.2. The molecule has 0 aliphatic carbocycles. The van der Waals surface area contributed by atoms with Gasteiger partial charge in [-0.15, -0.1) is 0 Å². The fourth-order valence-corrected chi connectivity index (χ4v) is 2.24. The first-order valence-corrected chi connectivity index (χ1v) is 6.93. The third kappa shape index (κ3) is 3.46. The van der Waals surface area contributed by atoms with Gasteiger partial charge in [-0.1, -0.05) is 0 Å². The standard InChI is InChI=1S/C15H15BrN2O3/c1-20-10-4-6-14(21-2)13(8-10)18-15(19)11-7-9(17)3-5-12(11)16/h3-8H,17H2,1-2H3,(H,18,19). The fourth-order valence-electron chi connectivity index (χ4n) is 1.82. The largest absolute Gasteiger partial charge is 0.497 e. The third-order valence-corrected chi connectivity index (χ3v) is 3.58. The molecule has 0 fully saturated rings. The van der Waals surface area contributed by atoms with Gasteiger partial charge in [-0.2, -0.15) is 0 Å². The Bertz CT molecular complexity index is 674. The Morgan fingerprint density at radius 2 is 1.90 bits per heavy atom. The van der Waals surface area contributed by atoms with Gasteiger partial charge in [0.05, 0.1) is 25.5 Å². The molecular formula is C15H15BrN2O3. The Morgan fingerprint density at radius 1 is 1.14 bits per heavy atom. The van der Waals surface area contributed by atoms with Gasteiger partial charge in [0.1, 0.15) is 11.5 Å². The van der Waals surface area contributed by atoms with Crippen LogP contribution in [0.3, 0.4) is 0 Å². The molecule has 2 rings (SSSR count). The summed E-state index contributed by atoms with van der Waals surface area (Å²) in [4.78, 5) is 12.4. The van der Waals surface area contributed by atoms with Crippen molar-refractivity contribution in [2.24, 2.45) is 0 Å². The molecule has 21 heavy (non-hydrogen) atoms. The van der Waals surface area contributed by atoms with Crippen LogP contribution in [0.25, 0.3) is 0 Å². The number of hydrogen-bond donors (Lipinski definition) is 2. The summed E-state index contributed by atoms with van der Waals surface area (Å²) < 4.78 is 11.0. The summed E-state index contributed by atoms with van der Waals surface area (Å²) in [6, 6.07) is 10.2. The molecule has 5 nitrogen and oxygen atoms in total. The second-order valence-corrected chi connectivity index (χ2v) is 5.11. The van der Waals surface area contributed by atoms with Gasteiger partial charge in [0, 0.05) is 16.2 Å². The van der Waals surface area contributed by atoms with Crippen molar-refractivity contribution in [2.75, 3.05) is 25.3 Å². The van der Waals surface area contributed by atoms with E-state index >= 15 is 0 Å². The van der Waals surface area contributed by atoms with E-state index < -0.39 is 0 Å². The van der Waals surface area contributed by atoms with Gasteiger partial charge in [0.15, 0.2) is 0 Å². The lowest BCUT2D eigenvalue weighted by molar-refractivity contribution is 0.102. The molecule has 0 aromatic heterocycles. The number of benzene rings is 2. The first kappa shape index (κ1) is 15.2. The molecule has 0 bridgehead atoms. The monoisotopic (exact) mass is 350 g/mol. The van der Waals surface area contributed by atoms with Crippen LogP contribution in [0.2, 0.25) is 0 Å². The predicted molar refractivity (Wildman–Crippen MR) is 86.1 cm³/mol. The van der Waals surface area contributed by atoms with Crippen molar-refractivity contribution in [1.82, 2.24) is 0 Å². The molecule has 2 aromatic carbocycles. The van der Waals surface area contributed by atoms with E-state index in [9.17, 15) is 4.79 Å². The number of halogens is 1. The van der Waals surface area contributed by atoms with Crippen molar-refractivity contribution in [1.29, 1.82) is 0 Å². The lowest BCUT2D eigenvalue weighted by Gasteiger charge is -2.12. The van der Waals surface area contributed by atoms with Crippen molar-refractivity contribution in [2.45, 2.75) is 0 Å². The fraction of sp³-hybridized carbons (Fsp3) is 0.133. The van der Waals surface area contributed by atoms with E-state index in [1.807, 2.05) is 0 Å². The first-order chi connectivity index (χ1) is 10.0.